The van der Waals surface area contributed by atoms with Gasteiger partial charge in [-0.2, -0.15) is 0 Å². The topological polar surface area (TPSA) is 59.1 Å². The lowest BCUT2D eigenvalue weighted by atomic mass is 9.76. The summed E-state index contributed by atoms with van der Waals surface area (Å²) in [5, 5.41) is 11.4. The molecule has 1 aliphatic carbocycles. The second-order valence-electron chi connectivity index (χ2n) is 5.06. The van der Waals surface area contributed by atoms with Gasteiger partial charge in [-0.25, -0.2) is 4.98 Å². The van der Waals surface area contributed by atoms with E-state index in [2.05, 4.69) is 11.1 Å². The van der Waals surface area contributed by atoms with Crippen LogP contribution in [0.4, 0.5) is 5.82 Å². The summed E-state index contributed by atoms with van der Waals surface area (Å²) in [6.45, 7) is 0. The molecule has 19 heavy (non-hydrogen) atoms. The first-order valence-electron chi connectivity index (χ1n) is 6.29. The van der Waals surface area contributed by atoms with Crippen LogP contribution in [0.5, 0.6) is 0 Å². The van der Waals surface area contributed by atoms with Crippen LogP contribution in [0.25, 0.3) is 0 Å². The van der Waals surface area contributed by atoms with Crippen LogP contribution in [0, 0.1) is 0 Å². The summed E-state index contributed by atoms with van der Waals surface area (Å²) in [6.07, 6.45) is 3.52. The number of hydrogen-bond donors (Lipinski definition) is 2. The molecule has 0 bridgehead atoms. The van der Waals surface area contributed by atoms with Gasteiger partial charge in [-0.3, -0.25) is 0 Å². The molecule has 3 N–H and O–H groups in total. The number of hydrogen-bond acceptors (Lipinski definition) is 3. The number of benzene rings is 1. The Kier molecular flexibility index (Phi) is 2.96. The van der Waals surface area contributed by atoms with Gasteiger partial charge in [0, 0.05) is 18.2 Å². The average molecular weight is 275 g/mol. The van der Waals surface area contributed by atoms with Gasteiger partial charge < -0.3 is 10.8 Å². The van der Waals surface area contributed by atoms with Crippen molar-refractivity contribution in [1.82, 2.24) is 4.98 Å². The number of pyridine rings is 1. The minimum Gasteiger partial charge on any atom is -0.385 e. The minimum absolute atomic E-state index is 0.353. The first-order valence-corrected chi connectivity index (χ1v) is 6.67. The predicted molar refractivity (Wildman–Crippen MR) is 76.0 cm³/mol. The Balaban J connectivity index is 2.04. The van der Waals surface area contributed by atoms with E-state index in [0.29, 0.717) is 29.2 Å². The highest BCUT2D eigenvalue weighted by atomic mass is 35.5. The van der Waals surface area contributed by atoms with Crippen LogP contribution in [0.15, 0.2) is 36.5 Å². The lowest BCUT2D eigenvalue weighted by Crippen LogP contribution is -2.34. The molecule has 98 valence electrons. The van der Waals surface area contributed by atoms with Crippen LogP contribution in [0.1, 0.15) is 23.1 Å². The largest absolute Gasteiger partial charge is 0.385 e. The summed E-state index contributed by atoms with van der Waals surface area (Å²) < 4.78 is 0. The van der Waals surface area contributed by atoms with Crippen molar-refractivity contribution < 1.29 is 5.11 Å². The van der Waals surface area contributed by atoms with Crippen molar-refractivity contribution in [3.05, 3.63) is 58.2 Å². The van der Waals surface area contributed by atoms with Crippen LogP contribution in [0.3, 0.4) is 0 Å². The molecule has 0 spiro atoms. The summed E-state index contributed by atoms with van der Waals surface area (Å²) >= 11 is 5.97. The van der Waals surface area contributed by atoms with E-state index in [-0.39, 0.29) is 0 Å². The van der Waals surface area contributed by atoms with Crippen molar-refractivity contribution in [3.8, 4) is 0 Å². The third kappa shape index (κ3) is 2.20. The zero-order valence-electron chi connectivity index (χ0n) is 10.4. The summed E-state index contributed by atoms with van der Waals surface area (Å²) in [4.78, 5) is 4.04. The van der Waals surface area contributed by atoms with E-state index < -0.39 is 5.60 Å². The summed E-state index contributed by atoms with van der Waals surface area (Å²) in [5.41, 5.74) is 8.01. The number of fused-ring (bicyclic) bond motifs is 1. The van der Waals surface area contributed by atoms with Crippen molar-refractivity contribution in [2.45, 2.75) is 24.9 Å². The van der Waals surface area contributed by atoms with E-state index in [1.807, 2.05) is 18.2 Å². The maximum atomic E-state index is 10.9. The number of nitrogens with two attached hydrogens (primary N) is 1. The van der Waals surface area contributed by atoms with E-state index in [4.69, 9.17) is 17.3 Å². The smallest absolute Gasteiger partial charge is 0.129 e. The Hall–Kier alpha value is -1.58. The molecule has 0 amide bonds. The number of anilines is 1. The van der Waals surface area contributed by atoms with Crippen molar-refractivity contribution in [2.75, 3.05) is 5.73 Å². The molecular weight excluding hydrogens is 260 g/mol. The van der Waals surface area contributed by atoms with Crippen LogP contribution in [-0.2, 0) is 18.4 Å². The van der Waals surface area contributed by atoms with Gasteiger partial charge in [-0.15, -0.1) is 0 Å². The molecule has 1 aromatic carbocycles. The Morgan fingerprint density at radius 1 is 1.26 bits per heavy atom. The van der Waals surface area contributed by atoms with Gasteiger partial charge in [0.25, 0.3) is 0 Å². The monoisotopic (exact) mass is 274 g/mol. The van der Waals surface area contributed by atoms with E-state index in [1.165, 1.54) is 11.8 Å². The number of rotatable bonds is 1. The van der Waals surface area contributed by atoms with Crippen molar-refractivity contribution in [2.24, 2.45) is 0 Å². The molecule has 1 aliphatic rings. The third-order valence-electron chi connectivity index (χ3n) is 3.80. The SMILES string of the molecule is Nc1ncc(Cl)cc1C1(O)CCc2ccccc2C1. The standard InChI is InChI=1S/C15H15ClN2O/c16-12-7-13(14(17)18-9-12)15(19)6-5-10-3-1-2-4-11(10)8-15/h1-4,7,9,19H,5-6,8H2,(H2,17,18). The molecular formula is C15H15ClN2O. The van der Waals surface area contributed by atoms with E-state index in [0.717, 1.165) is 12.0 Å². The Bertz CT molecular complexity index is 629. The van der Waals surface area contributed by atoms with E-state index >= 15 is 0 Å². The number of aromatic nitrogens is 1. The zero-order valence-corrected chi connectivity index (χ0v) is 11.2. The van der Waals surface area contributed by atoms with Gasteiger partial charge in [0.1, 0.15) is 5.82 Å². The van der Waals surface area contributed by atoms with E-state index in [1.54, 1.807) is 6.07 Å². The number of nitrogens with zero attached hydrogens (tertiary/aromatic N) is 1. The molecule has 1 unspecified atom stereocenters. The van der Waals surface area contributed by atoms with Crippen LogP contribution >= 0.6 is 11.6 Å². The Morgan fingerprint density at radius 3 is 2.79 bits per heavy atom. The number of halogens is 1. The number of nitrogen functional groups attached to an aromatic ring is 1. The minimum atomic E-state index is -0.976. The van der Waals surface area contributed by atoms with Crippen molar-refractivity contribution >= 4 is 17.4 Å². The number of aliphatic hydroxyl groups is 1. The van der Waals surface area contributed by atoms with Gasteiger partial charge in [-0.1, -0.05) is 35.9 Å². The first-order chi connectivity index (χ1) is 9.08. The molecule has 3 nitrogen and oxygen atoms in total. The van der Waals surface area contributed by atoms with Crippen LogP contribution in [-0.4, -0.2) is 10.1 Å². The Labute approximate surface area is 117 Å². The van der Waals surface area contributed by atoms with Gasteiger partial charge in [0.15, 0.2) is 0 Å². The third-order valence-corrected chi connectivity index (χ3v) is 4.00. The molecule has 0 saturated carbocycles. The second-order valence-corrected chi connectivity index (χ2v) is 5.50. The maximum absolute atomic E-state index is 10.9. The molecule has 0 aliphatic heterocycles. The maximum Gasteiger partial charge on any atom is 0.129 e. The lowest BCUT2D eigenvalue weighted by molar-refractivity contribution is 0.0227. The summed E-state index contributed by atoms with van der Waals surface area (Å²) in [5.74, 6) is 0.353. The molecule has 2 aromatic rings. The molecule has 1 atom stereocenters. The lowest BCUT2D eigenvalue weighted by Gasteiger charge is -2.34. The molecule has 0 saturated heterocycles. The molecule has 0 fully saturated rings. The molecule has 1 heterocycles. The first kappa shape index (κ1) is 12.5. The predicted octanol–water partition coefficient (Wildman–Crippen LogP) is 2.69. The summed E-state index contributed by atoms with van der Waals surface area (Å²) in [7, 11) is 0. The van der Waals surface area contributed by atoms with Gasteiger partial charge in [0.05, 0.1) is 10.6 Å². The molecule has 1 aromatic heterocycles. The fourth-order valence-corrected chi connectivity index (χ4v) is 2.93. The Morgan fingerprint density at radius 2 is 2.00 bits per heavy atom. The van der Waals surface area contributed by atoms with Crippen LogP contribution < -0.4 is 5.73 Å². The summed E-state index contributed by atoms with van der Waals surface area (Å²) in [6, 6.07) is 9.89. The van der Waals surface area contributed by atoms with Gasteiger partial charge in [-0.05, 0) is 30.0 Å². The highest BCUT2D eigenvalue weighted by molar-refractivity contribution is 6.30. The van der Waals surface area contributed by atoms with Gasteiger partial charge in [0.2, 0.25) is 0 Å². The van der Waals surface area contributed by atoms with Gasteiger partial charge >= 0.3 is 0 Å². The highest BCUT2D eigenvalue weighted by Gasteiger charge is 2.35. The van der Waals surface area contributed by atoms with E-state index in [9.17, 15) is 5.11 Å². The second kappa shape index (κ2) is 4.51. The fourth-order valence-electron chi connectivity index (χ4n) is 2.77. The van der Waals surface area contributed by atoms with Crippen LogP contribution in [0.2, 0.25) is 5.02 Å². The number of aryl methyl sites for hydroxylation is 1. The molecule has 3 rings (SSSR count). The molecule has 0 radical (unpaired) electrons. The normalized spacial score (nSPS) is 22.0. The van der Waals surface area contributed by atoms with Crippen molar-refractivity contribution in [1.29, 1.82) is 0 Å². The van der Waals surface area contributed by atoms with Crippen molar-refractivity contribution in [3.63, 3.8) is 0 Å². The molecule has 4 heteroatoms. The highest BCUT2D eigenvalue weighted by Crippen LogP contribution is 2.38. The quantitative estimate of drug-likeness (QED) is 0.841. The fraction of sp³-hybridized carbons (Fsp3) is 0.267. The average Bonchev–Trinajstić information content (AvgIpc) is 2.41. The zero-order chi connectivity index (χ0) is 13.5.